The molecule has 0 aromatic heterocycles. The molecule has 4 N–H and O–H groups in total. The van der Waals surface area contributed by atoms with E-state index in [1.165, 1.54) is 83.5 Å². The molecule has 0 radical (unpaired) electrons. The van der Waals surface area contributed by atoms with Gasteiger partial charge in [0.1, 0.15) is 24.9 Å². The molecule has 0 bridgehead atoms. The second-order valence-electron chi connectivity index (χ2n) is 16.2. The molecule has 0 aromatic carbocycles. The Balaban J connectivity index is 2.35. The quantitative estimate of drug-likeness (QED) is 0.0264. The van der Waals surface area contributed by atoms with E-state index in [1.54, 1.807) is 0 Å². The fourth-order valence-corrected chi connectivity index (χ4v) is 6.95. The minimum atomic E-state index is -1.86. The Kier molecular flexibility index (Phi) is 35.9. The number of hydrogen-bond donors (Lipinski definition) is 4. The molecule has 0 spiro atoms. The summed E-state index contributed by atoms with van der Waals surface area (Å²) in [6, 6.07) is 0. The third-order valence-corrected chi connectivity index (χ3v) is 10.7. The molecular formula is C49H84O11. The van der Waals surface area contributed by atoms with E-state index in [9.17, 15) is 34.8 Å². The Morgan fingerprint density at radius 3 is 1.50 bits per heavy atom. The number of carboxylic acids is 1. The average Bonchev–Trinajstić information content (AvgIpc) is 3.23. The van der Waals surface area contributed by atoms with Gasteiger partial charge in [-0.3, -0.25) is 9.59 Å². The highest BCUT2D eigenvalue weighted by molar-refractivity contribution is 5.73. The summed E-state index contributed by atoms with van der Waals surface area (Å²) in [4.78, 5) is 36.9. The standard InChI is InChI=1S/C49H84O11/c1-3-5-7-9-11-13-15-17-19-20-21-22-24-26-28-30-32-34-36-38-43(51)59-41(40-58-49-46(54)44(52)45(53)47(60-49)48(55)56)39-57-42(50)37-35-33-31-29-27-25-23-18-16-14-12-10-8-6-4-2/h6,8,12,14,17-19,23,41,44-47,49,52-54H,3-5,7,9-11,13,15-16,20-22,24-40H2,1-2H3,(H,55,56)/b8-6-,14-12-,19-17-,23-18-. The first-order valence-electron chi connectivity index (χ1n) is 23.7. The lowest BCUT2D eigenvalue weighted by atomic mass is 9.99. The van der Waals surface area contributed by atoms with Gasteiger partial charge < -0.3 is 39.4 Å². The van der Waals surface area contributed by atoms with Crippen molar-refractivity contribution in [3.05, 3.63) is 48.6 Å². The molecule has 1 heterocycles. The Labute approximate surface area is 363 Å². The summed E-state index contributed by atoms with van der Waals surface area (Å²) < 4.78 is 21.8. The highest BCUT2D eigenvalue weighted by atomic mass is 16.7. The lowest BCUT2D eigenvalue weighted by Gasteiger charge is -2.38. The second-order valence-corrected chi connectivity index (χ2v) is 16.2. The summed E-state index contributed by atoms with van der Waals surface area (Å²) in [6.07, 6.45) is 37.3. The van der Waals surface area contributed by atoms with Crippen LogP contribution in [-0.4, -0.2) is 88.4 Å². The smallest absolute Gasteiger partial charge is 0.335 e. The molecule has 0 amide bonds. The number of hydrogen-bond acceptors (Lipinski definition) is 10. The van der Waals surface area contributed by atoms with Crippen molar-refractivity contribution < 1.29 is 53.8 Å². The van der Waals surface area contributed by atoms with Gasteiger partial charge in [-0.2, -0.15) is 0 Å². The van der Waals surface area contributed by atoms with Crippen molar-refractivity contribution in [1.82, 2.24) is 0 Å². The molecule has 0 aliphatic carbocycles. The number of aliphatic hydroxyl groups excluding tert-OH is 3. The van der Waals surface area contributed by atoms with Crippen molar-refractivity contribution in [3.8, 4) is 0 Å². The molecule has 6 unspecified atom stereocenters. The first kappa shape index (κ1) is 55.2. The Morgan fingerprint density at radius 2 is 0.983 bits per heavy atom. The van der Waals surface area contributed by atoms with Gasteiger partial charge in [0.2, 0.25) is 0 Å². The third-order valence-electron chi connectivity index (χ3n) is 10.7. The van der Waals surface area contributed by atoms with Gasteiger partial charge >= 0.3 is 17.9 Å². The lowest BCUT2D eigenvalue weighted by molar-refractivity contribution is -0.298. The van der Waals surface area contributed by atoms with Gasteiger partial charge in [0.05, 0.1) is 6.61 Å². The fraction of sp³-hybridized carbons (Fsp3) is 0.776. The van der Waals surface area contributed by atoms with Crippen molar-refractivity contribution >= 4 is 17.9 Å². The Hall–Kier alpha value is -2.83. The van der Waals surface area contributed by atoms with Crippen LogP contribution in [0.25, 0.3) is 0 Å². The summed E-state index contributed by atoms with van der Waals surface area (Å²) in [5.74, 6) is -2.47. The number of carboxylic acid groups (broad SMARTS) is 1. The van der Waals surface area contributed by atoms with Gasteiger partial charge in [-0.25, -0.2) is 4.79 Å². The van der Waals surface area contributed by atoms with Gasteiger partial charge in [-0.15, -0.1) is 0 Å². The van der Waals surface area contributed by atoms with Crippen LogP contribution in [0.4, 0.5) is 0 Å². The van der Waals surface area contributed by atoms with Gasteiger partial charge in [0, 0.05) is 12.8 Å². The summed E-state index contributed by atoms with van der Waals surface area (Å²) >= 11 is 0. The average molecular weight is 849 g/mol. The summed E-state index contributed by atoms with van der Waals surface area (Å²) in [7, 11) is 0. The molecular weight excluding hydrogens is 765 g/mol. The first-order chi connectivity index (χ1) is 29.2. The minimum Gasteiger partial charge on any atom is -0.479 e. The number of rotatable bonds is 39. The normalized spacial score (nSPS) is 20.2. The zero-order chi connectivity index (χ0) is 43.9. The van der Waals surface area contributed by atoms with Gasteiger partial charge in [-0.1, -0.05) is 159 Å². The van der Waals surface area contributed by atoms with Gasteiger partial charge in [-0.05, 0) is 70.6 Å². The molecule has 0 aromatic rings. The number of aliphatic hydroxyl groups is 3. The number of carbonyl (C=O) groups is 3. The predicted molar refractivity (Wildman–Crippen MR) is 238 cm³/mol. The third kappa shape index (κ3) is 30.2. The van der Waals surface area contributed by atoms with Crippen molar-refractivity contribution in [3.63, 3.8) is 0 Å². The van der Waals surface area contributed by atoms with Crippen LogP contribution in [0.5, 0.6) is 0 Å². The molecule has 1 saturated heterocycles. The maximum atomic E-state index is 12.8. The highest BCUT2D eigenvalue weighted by Crippen LogP contribution is 2.23. The Morgan fingerprint density at radius 1 is 0.533 bits per heavy atom. The van der Waals surface area contributed by atoms with E-state index in [4.69, 9.17) is 18.9 Å². The molecule has 11 nitrogen and oxygen atoms in total. The molecule has 6 atom stereocenters. The number of carbonyl (C=O) groups excluding carboxylic acids is 2. The van der Waals surface area contributed by atoms with Crippen LogP contribution in [-0.2, 0) is 33.3 Å². The predicted octanol–water partition coefficient (Wildman–Crippen LogP) is 10.5. The molecule has 1 aliphatic rings. The number of allylic oxidation sites excluding steroid dienone is 8. The van der Waals surface area contributed by atoms with E-state index in [1.807, 2.05) is 0 Å². The van der Waals surface area contributed by atoms with Crippen molar-refractivity contribution in [2.45, 2.75) is 230 Å². The van der Waals surface area contributed by atoms with E-state index in [0.717, 1.165) is 70.6 Å². The molecule has 1 fully saturated rings. The highest BCUT2D eigenvalue weighted by Gasteiger charge is 2.47. The summed E-state index contributed by atoms with van der Waals surface area (Å²) in [6.45, 7) is 3.69. The molecule has 11 heteroatoms. The number of unbranched alkanes of at least 4 members (excludes halogenated alkanes) is 20. The van der Waals surface area contributed by atoms with Crippen LogP contribution in [0.3, 0.4) is 0 Å². The van der Waals surface area contributed by atoms with Crippen LogP contribution in [0.1, 0.15) is 194 Å². The van der Waals surface area contributed by atoms with E-state index >= 15 is 0 Å². The topological polar surface area (TPSA) is 169 Å². The monoisotopic (exact) mass is 849 g/mol. The lowest BCUT2D eigenvalue weighted by Crippen LogP contribution is -2.60. The molecule has 60 heavy (non-hydrogen) atoms. The minimum absolute atomic E-state index is 0.176. The van der Waals surface area contributed by atoms with E-state index in [0.29, 0.717) is 12.8 Å². The van der Waals surface area contributed by atoms with E-state index < -0.39 is 61.3 Å². The maximum Gasteiger partial charge on any atom is 0.335 e. The summed E-state index contributed by atoms with van der Waals surface area (Å²) in [5.41, 5.74) is 0. The molecule has 346 valence electrons. The van der Waals surface area contributed by atoms with Crippen molar-refractivity contribution in [2.75, 3.05) is 13.2 Å². The van der Waals surface area contributed by atoms with E-state index in [2.05, 4.69) is 62.5 Å². The fourth-order valence-electron chi connectivity index (χ4n) is 6.95. The number of esters is 2. The first-order valence-corrected chi connectivity index (χ1v) is 23.7. The second kappa shape index (κ2) is 39.0. The molecule has 0 saturated carbocycles. The largest absolute Gasteiger partial charge is 0.479 e. The van der Waals surface area contributed by atoms with Gasteiger partial charge in [0.25, 0.3) is 0 Å². The molecule has 1 rings (SSSR count). The van der Waals surface area contributed by atoms with Crippen LogP contribution in [0, 0.1) is 0 Å². The summed E-state index contributed by atoms with van der Waals surface area (Å²) in [5, 5.41) is 39.9. The van der Waals surface area contributed by atoms with Crippen LogP contribution >= 0.6 is 0 Å². The zero-order valence-electron chi connectivity index (χ0n) is 37.4. The Bertz CT molecular complexity index is 1180. The number of ether oxygens (including phenoxy) is 4. The van der Waals surface area contributed by atoms with Crippen LogP contribution in [0.15, 0.2) is 48.6 Å². The number of aliphatic carboxylic acids is 1. The molecule has 1 aliphatic heterocycles. The maximum absolute atomic E-state index is 12.8. The SMILES string of the molecule is CC/C=C\C/C=C\C/C=C\CCCCCCCC(=O)OCC(COC1OC(C(=O)O)C(O)C(O)C1O)OC(=O)CCCCCCCCCCC/C=C\CCCCCCCC. The van der Waals surface area contributed by atoms with E-state index in [-0.39, 0.29) is 19.4 Å². The zero-order valence-corrected chi connectivity index (χ0v) is 37.4. The van der Waals surface area contributed by atoms with Gasteiger partial charge in [0.15, 0.2) is 18.5 Å². The van der Waals surface area contributed by atoms with Crippen molar-refractivity contribution in [1.29, 1.82) is 0 Å². The van der Waals surface area contributed by atoms with Crippen molar-refractivity contribution in [2.24, 2.45) is 0 Å². The van der Waals surface area contributed by atoms with Crippen LogP contribution < -0.4 is 0 Å². The van der Waals surface area contributed by atoms with Crippen LogP contribution in [0.2, 0.25) is 0 Å².